The summed E-state index contributed by atoms with van der Waals surface area (Å²) in [5, 5.41) is 12.1. The van der Waals surface area contributed by atoms with Gasteiger partial charge in [0.1, 0.15) is 11.6 Å². The zero-order chi connectivity index (χ0) is 23.3. The predicted octanol–water partition coefficient (Wildman–Crippen LogP) is 4.99. The Balaban J connectivity index is 2.20. The van der Waals surface area contributed by atoms with Gasteiger partial charge in [0.15, 0.2) is 11.5 Å². The third-order valence-electron chi connectivity index (χ3n) is 4.54. The van der Waals surface area contributed by atoms with Crippen LogP contribution in [-0.2, 0) is 9.53 Å². The fourth-order valence-electron chi connectivity index (χ4n) is 2.91. The van der Waals surface area contributed by atoms with Gasteiger partial charge < -0.3 is 19.5 Å². The van der Waals surface area contributed by atoms with Crippen molar-refractivity contribution in [3.8, 4) is 17.6 Å². The zero-order valence-electron chi connectivity index (χ0n) is 18.6. The quantitative estimate of drug-likeness (QED) is 0.231. The number of unbranched alkanes of at least 4 members (excludes halogenated alkanes) is 2. The van der Waals surface area contributed by atoms with Gasteiger partial charge in [-0.3, -0.25) is 4.79 Å². The largest absolute Gasteiger partial charge is 0.493 e. The van der Waals surface area contributed by atoms with Crippen LogP contribution in [0.4, 0.5) is 5.69 Å². The molecule has 0 saturated carbocycles. The number of hydrogen-bond acceptors (Lipinski definition) is 6. The van der Waals surface area contributed by atoms with Crippen molar-refractivity contribution in [3.63, 3.8) is 0 Å². The Kier molecular flexibility index (Phi) is 9.79. The van der Waals surface area contributed by atoms with E-state index in [1.165, 1.54) is 13.2 Å². The first kappa shape index (κ1) is 24.5. The number of methoxy groups -OCH3 is 1. The zero-order valence-corrected chi connectivity index (χ0v) is 18.6. The molecule has 0 saturated heterocycles. The van der Waals surface area contributed by atoms with Crippen molar-refractivity contribution in [2.45, 2.75) is 33.1 Å². The van der Waals surface area contributed by atoms with Crippen molar-refractivity contribution in [2.75, 3.05) is 25.6 Å². The van der Waals surface area contributed by atoms with Gasteiger partial charge in [-0.25, -0.2) is 4.79 Å². The van der Waals surface area contributed by atoms with Gasteiger partial charge in [-0.1, -0.05) is 38.0 Å². The lowest BCUT2D eigenvalue weighted by atomic mass is 10.1. The molecular weight excluding hydrogens is 408 g/mol. The summed E-state index contributed by atoms with van der Waals surface area (Å²) >= 11 is 0. The molecule has 7 nitrogen and oxygen atoms in total. The summed E-state index contributed by atoms with van der Waals surface area (Å²) in [6.07, 6.45) is 4.59. The molecule has 168 valence electrons. The number of carbonyl (C=O) groups is 2. The van der Waals surface area contributed by atoms with Crippen LogP contribution in [-0.4, -0.2) is 32.2 Å². The van der Waals surface area contributed by atoms with Gasteiger partial charge in [-0.15, -0.1) is 0 Å². The Bertz CT molecular complexity index is 1010. The van der Waals surface area contributed by atoms with Gasteiger partial charge in [0.05, 0.1) is 31.6 Å². The van der Waals surface area contributed by atoms with Crippen molar-refractivity contribution < 1.29 is 23.8 Å². The van der Waals surface area contributed by atoms with E-state index in [2.05, 4.69) is 12.2 Å². The second-order valence-corrected chi connectivity index (χ2v) is 6.86. The molecule has 2 aromatic rings. The monoisotopic (exact) mass is 436 g/mol. The highest BCUT2D eigenvalue weighted by atomic mass is 16.5. The van der Waals surface area contributed by atoms with Crippen molar-refractivity contribution in [3.05, 3.63) is 59.2 Å². The van der Waals surface area contributed by atoms with E-state index in [0.717, 1.165) is 19.3 Å². The van der Waals surface area contributed by atoms with Gasteiger partial charge in [-0.2, -0.15) is 5.26 Å². The number of amides is 1. The number of anilines is 1. The van der Waals surface area contributed by atoms with Crippen molar-refractivity contribution in [1.29, 1.82) is 5.26 Å². The third-order valence-corrected chi connectivity index (χ3v) is 4.54. The minimum absolute atomic E-state index is 0.123. The van der Waals surface area contributed by atoms with Gasteiger partial charge in [-0.05, 0) is 49.2 Å². The van der Waals surface area contributed by atoms with E-state index in [4.69, 9.17) is 14.2 Å². The molecule has 7 heteroatoms. The second-order valence-electron chi connectivity index (χ2n) is 6.86. The predicted molar refractivity (Wildman–Crippen MR) is 123 cm³/mol. The van der Waals surface area contributed by atoms with Crippen LogP contribution in [0.5, 0.6) is 11.5 Å². The first-order valence-electron chi connectivity index (χ1n) is 10.5. The number of ether oxygens (including phenoxy) is 3. The summed E-state index contributed by atoms with van der Waals surface area (Å²) in [4.78, 5) is 24.8. The number of hydrogen-bond donors (Lipinski definition) is 1. The number of nitrogens with one attached hydrogen (secondary N) is 1. The second kappa shape index (κ2) is 12.8. The molecule has 0 heterocycles. The molecule has 2 aromatic carbocycles. The summed E-state index contributed by atoms with van der Waals surface area (Å²) in [6.45, 7) is 4.63. The molecule has 0 unspecified atom stereocenters. The molecule has 0 spiro atoms. The molecule has 0 bridgehead atoms. The summed E-state index contributed by atoms with van der Waals surface area (Å²) in [5.41, 5.74) is 0.965. The number of rotatable bonds is 11. The Morgan fingerprint density at radius 3 is 2.56 bits per heavy atom. The highest BCUT2D eigenvalue weighted by Gasteiger charge is 2.16. The molecule has 0 atom stereocenters. The fraction of sp³-hybridized carbons (Fsp3) is 0.320. The molecular formula is C25H28N2O5. The molecule has 2 rings (SSSR count). The van der Waals surface area contributed by atoms with Crippen molar-refractivity contribution >= 4 is 23.6 Å². The molecule has 1 N–H and O–H groups in total. The molecule has 0 aliphatic heterocycles. The van der Waals surface area contributed by atoms with Crippen LogP contribution in [0, 0.1) is 11.3 Å². The molecule has 0 radical (unpaired) electrons. The maximum atomic E-state index is 12.7. The Hall–Kier alpha value is -3.79. The lowest BCUT2D eigenvalue weighted by molar-refractivity contribution is -0.112. The number of esters is 1. The number of nitrogens with zero attached hydrogens (tertiary/aromatic N) is 1. The lowest BCUT2D eigenvalue weighted by Crippen LogP contribution is -2.17. The maximum absolute atomic E-state index is 12.7. The number of carbonyl (C=O) groups excluding carboxylic acids is 2. The maximum Gasteiger partial charge on any atom is 0.340 e. The fourth-order valence-corrected chi connectivity index (χ4v) is 2.91. The smallest absolute Gasteiger partial charge is 0.340 e. The van der Waals surface area contributed by atoms with E-state index in [-0.39, 0.29) is 23.4 Å². The Labute approximate surface area is 188 Å². The normalized spacial score (nSPS) is 10.8. The summed E-state index contributed by atoms with van der Waals surface area (Å²) in [6, 6.07) is 13.6. The number of nitriles is 1. The molecule has 32 heavy (non-hydrogen) atoms. The first-order chi connectivity index (χ1) is 15.5. The van der Waals surface area contributed by atoms with E-state index in [1.807, 2.05) is 6.07 Å². The molecule has 1 amide bonds. The van der Waals surface area contributed by atoms with Crippen LogP contribution in [0.2, 0.25) is 0 Å². The van der Waals surface area contributed by atoms with Crippen molar-refractivity contribution in [1.82, 2.24) is 0 Å². The summed E-state index contributed by atoms with van der Waals surface area (Å²) < 4.78 is 16.2. The van der Waals surface area contributed by atoms with Gasteiger partial charge >= 0.3 is 5.97 Å². The molecule has 0 aliphatic carbocycles. The standard InChI is InChI=1S/C25H28N2O5/c1-4-6-9-14-32-22-13-12-18(16-23(22)30-3)15-19(17-26)24(28)27-21-11-8-7-10-20(21)25(29)31-5-2/h7-8,10-13,15-16H,4-6,9,14H2,1-3H3,(H,27,28)/b19-15+. The Morgan fingerprint density at radius 2 is 1.88 bits per heavy atom. The van der Waals surface area contributed by atoms with E-state index < -0.39 is 11.9 Å². The van der Waals surface area contributed by atoms with Gasteiger partial charge in [0.2, 0.25) is 0 Å². The van der Waals surface area contributed by atoms with Gasteiger partial charge in [0.25, 0.3) is 5.91 Å². The lowest BCUT2D eigenvalue weighted by Gasteiger charge is -2.12. The van der Waals surface area contributed by atoms with Crippen LogP contribution >= 0.6 is 0 Å². The SMILES string of the molecule is CCCCCOc1ccc(/C=C(\C#N)C(=O)Nc2ccccc2C(=O)OCC)cc1OC. The Morgan fingerprint density at radius 1 is 1.09 bits per heavy atom. The minimum atomic E-state index is -0.636. The summed E-state index contributed by atoms with van der Waals surface area (Å²) in [7, 11) is 1.53. The van der Waals surface area contributed by atoms with E-state index in [1.54, 1.807) is 49.4 Å². The highest BCUT2D eigenvalue weighted by Crippen LogP contribution is 2.29. The van der Waals surface area contributed by atoms with E-state index >= 15 is 0 Å². The summed E-state index contributed by atoms with van der Waals surface area (Å²) in [5.74, 6) is -0.0686. The number of para-hydroxylation sites is 1. The average molecular weight is 437 g/mol. The van der Waals surface area contributed by atoms with Crippen LogP contribution in [0.1, 0.15) is 49.0 Å². The molecule has 0 aromatic heterocycles. The third kappa shape index (κ3) is 6.88. The van der Waals surface area contributed by atoms with Crippen LogP contribution in [0.25, 0.3) is 6.08 Å². The first-order valence-corrected chi connectivity index (χ1v) is 10.5. The number of benzene rings is 2. The highest BCUT2D eigenvalue weighted by molar-refractivity contribution is 6.12. The van der Waals surface area contributed by atoms with Crippen molar-refractivity contribution in [2.24, 2.45) is 0 Å². The van der Waals surface area contributed by atoms with Gasteiger partial charge in [0, 0.05) is 0 Å². The van der Waals surface area contributed by atoms with Crippen LogP contribution in [0.3, 0.4) is 0 Å². The van der Waals surface area contributed by atoms with E-state index in [9.17, 15) is 14.9 Å². The van der Waals surface area contributed by atoms with Crippen LogP contribution < -0.4 is 14.8 Å². The average Bonchev–Trinajstić information content (AvgIpc) is 2.81. The van der Waals surface area contributed by atoms with Crippen LogP contribution in [0.15, 0.2) is 48.0 Å². The minimum Gasteiger partial charge on any atom is -0.493 e. The molecule has 0 aliphatic rings. The van der Waals surface area contributed by atoms with E-state index in [0.29, 0.717) is 23.7 Å². The molecule has 0 fully saturated rings. The topological polar surface area (TPSA) is 97.7 Å².